The summed E-state index contributed by atoms with van der Waals surface area (Å²) in [5, 5.41) is 3.69. The number of hydrogen-bond acceptors (Lipinski definition) is 3. The van der Waals surface area contributed by atoms with E-state index >= 15 is 0 Å². The zero-order valence-corrected chi connectivity index (χ0v) is 12.0. The fraction of sp³-hybridized carbons (Fsp3) is 1.00. The van der Waals surface area contributed by atoms with Gasteiger partial charge in [0, 0.05) is 25.2 Å². The molecule has 1 N–H and O–H groups in total. The molecule has 0 aromatic heterocycles. The summed E-state index contributed by atoms with van der Waals surface area (Å²) < 4.78 is 5.55. The second kappa shape index (κ2) is 8.06. The van der Waals surface area contributed by atoms with Crippen molar-refractivity contribution in [2.24, 2.45) is 5.92 Å². The van der Waals surface area contributed by atoms with E-state index in [9.17, 15) is 0 Å². The molecule has 0 bridgehead atoms. The highest BCUT2D eigenvalue weighted by atomic mass is 16.5. The van der Waals surface area contributed by atoms with E-state index in [4.69, 9.17) is 4.74 Å². The smallest absolute Gasteiger partial charge is 0.0621 e. The highest BCUT2D eigenvalue weighted by Crippen LogP contribution is 2.14. The molecule has 1 heterocycles. The minimum atomic E-state index is 0.491. The lowest BCUT2D eigenvalue weighted by atomic mass is 10.0. The van der Waals surface area contributed by atoms with E-state index in [0.29, 0.717) is 18.0 Å². The third kappa shape index (κ3) is 5.36. The van der Waals surface area contributed by atoms with E-state index in [0.717, 1.165) is 19.8 Å². The van der Waals surface area contributed by atoms with Gasteiger partial charge in [-0.2, -0.15) is 0 Å². The van der Waals surface area contributed by atoms with Crippen LogP contribution >= 0.6 is 0 Å². The molecule has 17 heavy (non-hydrogen) atoms. The molecule has 0 aromatic carbocycles. The predicted octanol–water partition coefficient (Wildman–Crippen LogP) is 2.12. The van der Waals surface area contributed by atoms with Gasteiger partial charge in [-0.15, -0.1) is 0 Å². The number of ether oxygens (including phenoxy) is 1. The van der Waals surface area contributed by atoms with Gasteiger partial charge in [-0.05, 0) is 39.3 Å². The zero-order chi connectivity index (χ0) is 12.7. The van der Waals surface area contributed by atoms with E-state index in [1.54, 1.807) is 0 Å². The number of likely N-dealkylation sites (tertiary alicyclic amines) is 1. The van der Waals surface area contributed by atoms with Crippen LogP contribution in [0.25, 0.3) is 0 Å². The standard InChI is InChI=1S/C14H30N2O/c1-5-17-11-14(12(2)3)15-10-13-8-6-7-9-16(13)4/h12-15H,5-11H2,1-4H3. The topological polar surface area (TPSA) is 24.5 Å². The Morgan fingerprint density at radius 3 is 2.71 bits per heavy atom. The van der Waals surface area contributed by atoms with Gasteiger partial charge in [0.1, 0.15) is 0 Å². The Balaban J connectivity index is 2.29. The number of piperidine rings is 1. The number of hydrogen-bond donors (Lipinski definition) is 1. The fourth-order valence-electron chi connectivity index (χ4n) is 2.42. The minimum absolute atomic E-state index is 0.491. The summed E-state index contributed by atoms with van der Waals surface area (Å²) in [4.78, 5) is 2.49. The normalized spacial score (nSPS) is 24.2. The van der Waals surface area contributed by atoms with Gasteiger partial charge >= 0.3 is 0 Å². The summed E-state index contributed by atoms with van der Waals surface area (Å²) in [6, 6.07) is 1.21. The van der Waals surface area contributed by atoms with E-state index in [-0.39, 0.29) is 0 Å². The molecule has 102 valence electrons. The van der Waals surface area contributed by atoms with Gasteiger partial charge in [0.25, 0.3) is 0 Å². The van der Waals surface area contributed by atoms with Gasteiger partial charge in [-0.3, -0.25) is 0 Å². The average molecular weight is 242 g/mol. The first-order chi connectivity index (χ1) is 8.15. The van der Waals surface area contributed by atoms with Crippen LogP contribution in [0.3, 0.4) is 0 Å². The van der Waals surface area contributed by atoms with Crippen LogP contribution in [-0.4, -0.2) is 50.3 Å². The lowest BCUT2D eigenvalue weighted by Gasteiger charge is -2.34. The van der Waals surface area contributed by atoms with Gasteiger partial charge in [-0.25, -0.2) is 0 Å². The Hall–Kier alpha value is -0.120. The maximum atomic E-state index is 5.55. The van der Waals surface area contributed by atoms with Crippen LogP contribution in [0.1, 0.15) is 40.0 Å². The molecule has 0 spiro atoms. The Morgan fingerprint density at radius 2 is 2.12 bits per heavy atom. The second-order valence-corrected chi connectivity index (χ2v) is 5.55. The highest BCUT2D eigenvalue weighted by Gasteiger charge is 2.21. The van der Waals surface area contributed by atoms with E-state index < -0.39 is 0 Å². The molecule has 0 aromatic rings. The molecule has 0 amide bonds. The van der Waals surface area contributed by atoms with E-state index in [1.165, 1.54) is 25.8 Å². The lowest BCUT2D eigenvalue weighted by molar-refractivity contribution is 0.100. The van der Waals surface area contributed by atoms with Crippen molar-refractivity contribution in [2.75, 3.05) is 33.4 Å². The summed E-state index contributed by atoms with van der Waals surface area (Å²) in [5.74, 6) is 0.635. The molecular formula is C14H30N2O. The van der Waals surface area contributed by atoms with E-state index in [1.807, 2.05) is 0 Å². The van der Waals surface area contributed by atoms with Crippen LogP contribution in [-0.2, 0) is 4.74 Å². The molecular weight excluding hydrogens is 212 g/mol. The van der Waals surface area contributed by atoms with Crippen molar-refractivity contribution in [1.29, 1.82) is 0 Å². The molecule has 1 rings (SSSR count). The Labute approximate surface area is 107 Å². The average Bonchev–Trinajstić information content (AvgIpc) is 2.31. The third-order valence-corrected chi connectivity index (χ3v) is 3.84. The molecule has 0 radical (unpaired) electrons. The van der Waals surface area contributed by atoms with Gasteiger partial charge in [0.05, 0.1) is 6.61 Å². The Bertz CT molecular complexity index is 197. The van der Waals surface area contributed by atoms with Gasteiger partial charge in [-0.1, -0.05) is 20.3 Å². The van der Waals surface area contributed by atoms with E-state index in [2.05, 4.69) is 38.0 Å². The molecule has 2 unspecified atom stereocenters. The van der Waals surface area contributed by atoms with Crippen LogP contribution in [0.2, 0.25) is 0 Å². The predicted molar refractivity (Wildman–Crippen MR) is 73.4 cm³/mol. The molecule has 1 saturated heterocycles. The largest absolute Gasteiger partial charge is 0.380 e. The van der Waals surface area contributed by atoms with Crippen molar-refractivity contribution in [3.63, 3.8) is 0 Å². The van der Waals surface area contributed by atoms with Crippen LogP contribution in [0.5, 0.6) is 0 Å². The van der Waals surface area contributed by atoms with Crippen molar-refractivity contribution in [3.8, 4) is 0 Å². The van der Waals surface area contributed by atoms with Crippen molar-refractivity contribution in [2.45, 2.75) is 52.1 Å². The molecule has 2 atom stereocenters. The number of likely N-dealkylation sites (N-methyl/N-ethyl adjacent to an activating group) is 1. The van der Waals surface area contributed by atoms with Crippen LogP contribution < -0.4 is 5.32 Å². The van der Waals surface area contributed by atoms with Gasteiger partial charge in [0.15, 0.2) is 0 Å². The summed E-state index contributed by atoms with van der Waals surface area (Å²) in [5.41, 5.74) is 0. The second-order valence-electron chi connectivity index (χ2n) is 5.55. The SMILES string of the molecule is CCOCC(NCC1CCCCN1C)C(C)C. The first-order valence-corrected chi connectivity index (χ1v) is 7.16. The molecule has 1 aliphatic rings. The fourth-order valence-corrected chi connectivity index (χ4v) is 2.42. The zero-order valence-electron chi connectivity index (χ0n) is 12.0. The van der Waals surface area contributed by atoms with Gasteiger partial charge in [0.2, 0.25) is 0 Å². The monoisotopic (exact) mass is 242 g/mol. The minimum Gasteiger partial charge on any atom is -0.380 e. The maximum absolute atomic E-state index is 5.55. The molecule has 0 saturated carbocycles. The third-order valence-electron chi connectivity index (χ3n) is 3.84. The molecule has 3 nitrogen and oxygen atoms in total. The Morgan fingerprint density at radius 1 is 1.35 bits per heavy atom. The maximum Gasteiger partial charge on any atom is 0.0621 e. The number of nitrogens with zero attached hydrogens (tertiary/aromatic N) is 1. The molecule has 3 heteroatoms. The first-order valence-electron chi connectivity index (χ1n) is 7.16. The lowest BCUT2D eigenvalue weighted by Crippen LogP contribution is -2.48. The van der Waals surface area contributed by atoms with Crippen molar-refractivity contribution >= 4 is 0 Å². The summed E-state index contributed by atoms with van der Waals surface area (Å²) in [7, 11) is 2.25. The van der Waals surface area contributed by atoms with Gasteiger partial charge < -0.3 is 15.0 Å². The summed E-state index contributed by atoms with van der Waals surface area (Å²) in [6.45, 7) is 10.6. The number of rotatable bonds is 7. The molecule has 0 aliphatic carbocycles. The first kappa shape index (κ1) is 14.9. The highest BCUT2D eigenvalue weighted by molar-refractivity contribution is 4.79. The summed E-state index contributed by atoms with van der Waals surface area (Å²) >= 11 is 0. The Kier molecular flexibility index (Phi) is 7.09. The van der Waals surface area contributed by atoms with Crippen LogP contribution in [0, 0.1) is 5.92 Å². The molecule has 1 fully saturated rings. The van der Waals surface area contributed by atoms with Crippen molar-refractivity contribution in [1.82, 2.24) is 10.2 Å². The van der Waals surface area contributed by atoms with Crippen LogP contribution in [0.4, 0.5) is 0 Å². The number of nitrogens with one attached hydrogen (secondary N) is 1. The van der Waals surface area contributed by atoms with Crippen LogP contribution in [0.15, 0.2) is 0 Å². The molecule has 1 aliphatic heterocycles. The van der Waals surface area contributed by atoms with Crippen molar-refractivity contribution in [3.05, 3.63) is 0 Å². The quantitative estimate of drug-likeness (QED) is 0.740. The van der Waals surface area contributed by atoms with Crippen molar-refractivity contribution < 1.29 is 4.74 Å². The summed E-state index contributed by atoms with van der Waals surface area (Å²) in [6.07, 6.45) is 4.08.